The molecule has 0 aliphatic rings. The predicted octanol–water partition coefficient (Wildman–Crippen LogP) is 4.72. The second-order valence-electron chi connectivity index (χ2n) is 6.72. The third kappa shape index (κ3) is 6.56. The van der Waals surface area contributed by atoms with Gasteiger partial charge < -0.3 is 15.1 Å². The van der Waals surface area contributed by atoms with Crippen LogP contribution in [0.2, 0.25) is 10.0 Å². The van der Waals surface area contributed by atoms with Crippen LogP contribution in [0.15, 0.2) is 71.6 Å². The molecule has 0 spiro atoms. The Balaban J connectivity index is 1.83. The van der Waals surface area contributed by atoms with E-state index in [9.17, 15) is 17.8 Å². The summed E-state index contributed by atoms with van der Waals surface area (Å²) >= 11 is 11.8. The molecule has 0 aliphatic heterocycles. The minimum atomic E-state index is -4.21. The summed E-state index contributed by atoms with van der Waals surface area (Å²) in [6.45, 7) is 0. The maximum absolute atomic E-state index is 12.8. The van der Waals surface area contributed by atoms with E-state index in [1.54, 1.807) is 0 Å². The molecule has 0 saturated carbocycles. The maximum Gasteiger partial charge on any atom is 0.329 e. The first-order chi connectivity index (χ1) is 14.9. The molecule has 8 nitrogen and oxygen atoms in total. The average molecular weight is 515 g/mol. The van der Waals surface area contributed by atoms with Gasteiger partial charge in [0.05, 0.1) is 22.3 Å². The molecule has 0 fully saturated rings. The standard InChI is InChI=1S/C20H17Cl2N2O6PS/c21-14-3-8-17(9-4-14)32(29,30)24-19-10-5-15(22)11-18(19)20(25)23-16-6-1-13(2-7-16)12-31(26,27)28/h1-11,24H,12H2,(H,23,25)(H2,26,27,28). The number of nitrogens with one attached hydrogen (secondary N) is 2. The summed E-state index contributed by atoms with van der Waals surface area (Å²) in [6.07, 6.45) is -0.424. The zero-order valence-electron chi connectivity index (χ0n) is 16.2. The van der Waals surface area contributed by atoms with Crippen molar-refractivity contribution < 1.29 is 27.6 Å². The molecular formula is C20H17Cl2N2O6PS. The van der Waals surface area contributed by atoms with Crippen LogP contribution in [0.1, 0.15) is 15.9 Å². The van der Waals surface area contributed by atoms with Gasteiger partial charge in [-0.2, -0.15) is 0 Å². The van der Waals surface area contributed by atoms with Gasteiger partial charge in [-0.05, 0) is 60.2 Å². The summed E-state index contributed by atoms with van der Waals surface area (Å²) in [5.74, 6) is -0.635. The Hall–Kier alpha value is -2.39. The molecule has 4 N–H and O–H groups in total. The van der Waals surface area contributed by atoms with Crippen LogP contribution >= 0.6 is 30.8 Å². The molecule has 3 aromatic carbocycles. The molecule has 0 saturated heterocycles. The number of carbonyl (C=O) groups is 1. The molecule has 3 rings (SSSR count). The second-order valence-corrected chi connectivity index (χ2v) is 10.9. The van der Waals surface area contributed by atoms with Gasteiger partial charge in [-0.15, -0.1) is 0 Å². The Kier molecular flexibility index (Phi) is 7.29. The van der Waals surface area contributed by atoms with E-state index in [0.717, 1.165) is 0 Å². The second kappa shape index (κ2) is 9.62. The summed E-state index contributed by atoms with van der Waals surface area (Å²) in [6, 6.07) is 15.5. The zero-order valence-corrected chi connectivity index (χ0v) is 19.4. The Morgan fingerprint density at radius 2 is 1.50 bits per heavy atom. The van der Waals surface area contributed by atoms with Crippen molar-refractivity contribution >= 4 is 58.1 Å². The number of hydrogen-bond acceptors (Lipinski definition) is 4. The number of hydrogen-bond donors (Lipinski definition) is 4. The van der Waals surface area contributed by atoms with Crippen LogP contribution in [-0.4, -0.2) is 24.1 Å². The molecule has 168 valence electrons. The Morgan fingerprint density at radius 1 is 0.906 bits per heavy atom. The summed E-state index contributed by atoms with van der Waals surface area (Å²) in [5, 5.41) is 3.21. The molecule has 12 heteroatoms. The first-order valence-electron chi connectivity index (χ1n) is 8.96. The van der Waals surface area contributed by atoms with Crippen LogP contribution in [0, 0.1) is 0 Å². The summed E-state index contributed by atoms with van der Waals surface area (Å²) in [4.78, 5) is 30.9. The van der Waals surface area contributed by atoms with Crippen molar-refractivity contribution in [3.63, 3.8) is 0 Å². The van der Waals surface area contributed by atoms with Gasteiger partial charge in [0.2, 0.25) is 0 Å². The molecule has 0 unspecified atom stereocenters. The van der Waals surface area contributed by atoms with Crippen LogP contribution in [0.5, 0.6) is 0 Å². The van der Waals surface area contributed by atoms with Crippen LogP contribution in [-0.2, 0) is 20.8 Å². The SMILES string of the molecule is O=C(Nc1ccc(CP(=O)(O)O)cc1)c1cc(Cl)ccc1NS(=O)(=O)c1ccc(Cl)cc1. The zero-order chi connectivity index (χ0) is 23.5. The summed E-state index contributed by atoms with van der Waals surface area (Å²) < 4.78 is 38.9. The molecule has 0 bridgehead atoms. The van der Waals surface area contributed by atoms with Crippen molar-refractivity contribution in [2.45, 2.75) is 11.1 Å². The third-order valence-electron chi connectivity index (χ3n) is 4.19. The topological polar surface area (TPSA) is 133 Å². The molecule has 0 radical (unpaired) electrons. The fraction of sp³-hybridized carbons (Fsp3) is 0.0500. The predicted molar refractivity (Wildman–Crippen MR) is 124 cm³/mol. The normalized spacial score (nSPS) is 11.8. The van der Waals surface area contributed by atoms with E-state index in [1.165, 1.54) is 66.7 Å². The van der Waals surface area contributed by atoms with Crippen LogP contribution in [0.3, 0.4) is 0 Å². The van der Waals surface area contributed by atoms with Gasteiger partial charge in [-0.25, -0.2) is 8.42 Å². The number of amides is 1. The van der Waals surface area contributed by atoms with Crippen LogP contribution in [0.25, 0.3) is 0 Å². The molecule has 0 atom stereocenters. The smallest absolute Gasteiger partial charge is 0.324 e. The highest BCUT2D eigenvalue weighted by molar-refractivity contribution is 7.92. The van der Waals surface area contributed by atoms with Gasteiger partial charge in [-0.1, -0.05) is 35.3 Å². The van der Waals surface area contributed by atoms with E-state index in [-0.39, 0.29) is 21.2 Å². The van der Waals surface area contributed by atoms with Crippen LogP contribution < -0.4 is 10.0 Å². The fourth-order valence-corrected chi connectivity index (χ4v) is 4.80. The highest BCUT2D eigenvalue weighted by Gasteiger charge is 2.20. The van der Waals surface area contributed by atoms with Crippen molar-refractivity contribution in [1.82, 2.24) is 0 Å². The highest BCUT2D eigenvalue weighted by Crippen LogP contribution is 2.39. The summed E-state index contributed by atoms with van der Waals surface area (Å²) in [5.41, 5.74) is 0.737. The number of benzene rings is 3. The molecule has 3 aromatic rings. The van der Waals surface area contributed by atoms with E-state index in [1.807, 2.05) is 0 Å². The van der Waals surface area contributed by atoms with Crippen molar-refractivity contribution in [2.75, 3.05) is 10.0 Å². The largest absolute Gasteiger partial charge is 0.329 e. The average Bonchev–Trinajstić information content (AvgIpc) is 2.70. The van der Waals surface area contributed by atoms with Gasteiger partial charge in [-0.3, -0.25) is 14.1 Å². The van der Waals surface area contributed by atoms with Crippen molar-refractivity contribution in [2.24, 2.45) is 0 Å². The molecule has 0 heterocycles. The van der Waals surface area contributed by atoms with E-state index >= 15 is 0 Å². The number of sulfonamides is 1. The molecular weight excluding hydrogens is 498 g/mol. The van der Waals surface area contributed by atoms with Gasteiger partial charge >= 0.3 is 7.60 Å². The minimum absolute atomic E-state index is 0.0139. The fourth-order valence-electron chi connectivity index (χ4n) is 2.74. The van der Waals surface area contributed by atoms with Crippen molar-refractivity contribution in [3.8, 4) is 0 Å². The first kappa shape index (κ1) is 24.3. The minimum Gasteiger partial charge on any atom is -0.324 e. The highest BCUT2D eigenvalue weighted by atomic mass is 35.5. The lowest BCUT2D eigenvalue weighted by Gasteiger charge is -2.14. The van der Waals surface area contributed by atoms with Gasteiger partial charge in [0.1, 0.15) is 0 Å². The quantitative estimate of drug-likeness (QED) is 0.337. The number of anilines is 2. The molecule has 0 aliphatic carbocycles. The van der Waals surface area contributed by atoms with E-state index in [4.69, 9.17) is 33.0 Å². The van der Waals surface area contributed by atoms with E-state index < -0.39 is 29.7 Å². The maximum atomic E-state index is 12.8. The lowest BCUT2D eigenvalue weighted by Crippen LogP contribution is -2.18. The van der Waals surface area contributed by atoms with Gasteiger partial charge in [0, 0.05) is 15.7 Å². The number of rotatable bonds is 7. The molecule has 1 amide bonds. The number of halogens is 2. The molecule has 32 heavy (non-hydrogen) atoms. The lowest BCUT2D eigenvalue weighted by molar-refractivity contribution is 0.102. The number of carbonyl (C=O) groups excluding carboxylic acids is 1. The third-order valence-corrected chi connectivity index (χ3v) is 6.84. The van der Waals surface area contributed by atoms with E-state index in [0.29, 0.717) is 16.3 Å². The van der Waals surface area contributed by atoms with Gasteiger partial charge in [0.15, 0.2) is 0 Å². The van der Waals surface area contributed by atoms with Crippen LogP contribution in [0.4, 0.5) is 11.4 Å². The summed E-state index contributed by atoms with van der Waals surface area (Å²) in [7, 11) is -8.21. The van der Waals surface area contributed by atoms with Gasteiger partial charge in [0.25, 0.3) is 15.9 Å². The lowest BCUT2D eigenvalue weighted by atomic mass is 10.1. The Bertz CT molecular complexity index is 1290. The van der Waals surface area contributed by atoms with E-state index in [2.05, 4.69) is 10.0 Å². The molecule has 0 aromatic heterocycles. The Labute approximate surface area is 194 Å². The monoisotopic (exact) mass is 514 g/mol. The first-order valence-corrected chi connectivity index (χ1v) is 13.0. The van der Waals surface area contributed by atoms with Crippen molar-refractivity contribution in [1.29, 1.82) is 0 Å². The van der Waals surface area contributed by atoms with Crippen molar-refractivity contribution in [3.05, 3.63) is 87.9 Å². The Morgan fingerprint density at radius 3 is 2.09 bits per heavy atom.